The Morgan fingerprint density at radius 3 is 2.76 bits per heavy atom. The van der Waals surface area contributed by atoms with Gasteiger partial charge < -0.3 is 10.2 Å². The van der Waals surface area contributed by atoms with E-state index in [4.69, 9.17) is 0 Å². The van der Waals surface area contributed by atoms with E-state index < -0.39 is 0 Å². The Bertz CT molecular complexity index is 502. The average Bonchev–Trinajstić information content (AvgIpc) is 2.49. The number of rotatable bonds is 5. The number of carbonyl (C=O) groups is 2. The number of nitrogens with zero attached hydrogens (tertiary/aromatic N) is 1. The minimum Gasteiger partial charge on any atom is -0.353 e. The number of piperazine rings is 1. The van der Waals surface area contributed by atoms with Gasteiger partial charge >= 0.3 is 0 Å². The molecule has 2 amide bonds. The fraction of sp³-hybridized carbons (Fsp3) is 0.500. The second kappa shape index (κ2) is 7.50. The van der Waals surface area contributed by atoms with Gasteiger partial charge in [0, 0.05) is 18.8 Å². The fourth-order valence-corrected chi connectivity index (χ4v) is 3.31. The third kappa shape index (κ3) is 4.24. The van der Waals surface area contributed by atoms with Gasteiger partial charge in [0.25, 0.3) is 0 Å². The highest BCUT2D eigenvalue weighted by molar-refractivity contribution is 7.99. The summed E-state index contributed by atoms with van der Waals surface area (Å²) < 4.78 is 0. The SMILES string of the molecule is CCC1C(=O)NCCN1C(=O)CSCc1ccc(C)cc1. The molecule has 1 fully saturated rings. The molecule has 0 radical (unpaired) electrons. The van der Waals surface area contributed by atoms with Crippen LogP contribution in [0.4, 0.5) is 0 Å². The van der Waals surface area contributed by atoms with Gasteiger partial charge in [-0.1, -0.05) is 36.8 Å². The van der Waals surface area contributed by atoms with E-state index in [2.05, 4.69) is 36.5 Å². The van der Waals surface area contributed by atoms with Crippen molar-refractivity contribution in [3.63, 3.8) is 0 Å². The quantitative estimate of drug-likeness (QED) is 0.905. The molecule has 2 rings (SSSR count). The fourth-order valence-electron chi connectivity index (χ4n) is 2.44. The molecule has 1 aliphatic rings. The van der Waals surface area contributed by atoms with Crippen molar-refractivity contribution in [2.75, 3.05) is 18.8 Å². The first-order valence-electron chi connectivity index (χ1n) is 7.32. The summed E-state index contributed by atoms with van der Waals surface area (Å²) in [4.78, 5) is 25.8. The third-order valence-electron chi connectivity index (χ3n) is 3.65. The number of hydrogen-bond acceptors (Lipinski definition) is 3. The largest absolute Gasteiger partial charge is 0.353 e. The number of nitrogens with one attached hydrogen (secondary N) is 1. The van der Waals surface area contributed by atoms with E-state index in [0.29, 0.717) is 25.3 Å². The molecule has 1 aromatic rings. The molecule has 1 aliphatic heterocycles. The summed E-state index contributed by atoms with van der Waals surface area (Å²) in [5, 5.41) is 2.82. The molecule has 0 aromatic heterocycles. The van der Waals surface area contributed by atoms with Crippen molar-refractivity contribution in [2.24, 2.45) is 0 Å². The molecule has 0 spiro atoms. The number of benzene rings is 1. The van der Waals surface area contributed by atoms with Gasteiger partial charge in [-0.25, -0.2) is 0 Å². The van der Waals surface area contributed by atoms with Crippen molar-refractivity contribution in [3.8, 4) is 0 Å². The van der Waals surface area contributed by atoms with Gasteiger partial charge in [0.05, 0.1) is 5.75 Å². The Labute approximate surface area is 130 Å². The number of thioether (sulfide) groups is 1. The van der Waals surface area contributed by atoms with Gasteiger partial charge in [-0.05, 0) is 18.9 Å². The van der Waals surface area contributed by atoms with Crippen LogP contribution in [0.1, 0.15) is 24.5 Å². The summed E-state index contributed by atoms with van der Waals surface area (Å²) in [5.41, 5.74) is 2.46. The number of carbonyl (C=O) groups excluding carboxylic acids is 2. The lowest BCUT2D eigenvalue weighted by Gasteiger charge is -2.34. The molecule has 0 saturated carbocycles. The monoisotopic (exact) mass is 306 g/mol. The van der Waals surface area contributed by atoms with E-state index in [9.17, 15) is 9.59 Å². The van der Waals surface area contributed by atoms with Crippen LogP contribution in [0.2, 0.25) is 0 Å². The van der Waals surface area contributed by atoms with Crippen molar-refractivity contribution in [3.05, 3.63) is 35.4 Å². The number of aryl methyl sites for hydroxylation is 1. The smallest absolute Gasteiger partial charge is 0.242 e. The van der Waals surface area contributed by atoms with E-state index in [1.54, 1.807) is 16.7 Å². The molecule has 5 heteroatoms. The first kappa shape index (κ1) is 15.9. The molecular formula is C16H22N2O2S. The lowest BCUT2D eigenvalue weighted by Crippen LogP contribution is -2.57. The molecule has 1 heterocycles. The average molecular weight is 306 g/mol. The van der Waals surface area contributed by atoms with E-state index in [1.165, 1.54) is 11.1 Å². The Morgan fingerprint density at radius 2 is 2.10 bits per heavy atom. The van der Waals surface area contributed by atoms with E-state index in [1.807, 2.05) is 6.92 Å². The minimum atomic E-state index is -0.300. The Morgan fingerprint density at radius 1 is 1.38 bits per heavy atom. The maximum absolute atomic E-state index is 12.3. The topological polar surface area (TPSA) is 49.4 Å². The highest BCUT2D eigenvalue weighted by Crippen LogP contribution is 2.16. The summed E-state index contributed by atoms with van der Waals surface area (Å²) in [6, 6.07) is 8.05. The maximum atomic E-state index is 12.3. The third-order valence-corrected chi connectivity index (χ3v) is 4.64. The van der Waals surface area contributed by atoms with Crippen LogP contribution in [0.3, 0.4) is 0 Å². The second-order valence-corrected chi connectivity index (χ2v) is 6.27. The number of amides is 2. The van der Waals surface area contributed by atoms with E-state index in [-0.39, 0.29) is 17.9 Å². The predicted octanol–water partition coefficient (Wildman–Crippen LogP) is 1.97. The summed E-state index contributed by atoms with van der Waals surface area (Å²) in [7, 11) is 0. The molecule has 1 N–H and O–H groups in total. The van der Waals surface area contributed by atoms with Crippen LogP contribution < -0.4 is 5.32 Å². The van der Waals surface area contributed by atoms with Crippen LogP contribution in [0, 0.1) is 6.92 Å². The molecule has 0 bridgehead atoms. The predicted molar refractivity (Wildman–Crippen MR) is 86.1 cm³/mol. The molecule has 1 unspecified atom stereocenters. The van der Waals surface area contributed by atoms with Crippen LogP contribution in [-0.4, -0.2) is 41.6 Å². The van der Waals surface area contributed by atoms with Gasteiger partial charge in [0.1, 0.15) is 6.04 Å². The van der Waals surface area contributed by atoms with Gasteiger partial charge in [0.15, 0.2) is 0 Å². The van der Waals surface area contributed by atoms with Crippen molar-refractivity contribution in [1.29, 1.82) is 0 Å². The van der Waals surface area contributed by atoms with Gasteiger partial charge in [-0.15, -0.1) is 11.8 Å². The summed E-state index contributed by atoms with van der Waals surface area (Å²) >= 11 is 1.60. The van der Waals surface area contributed by atoms with Crippen LogP contribution in [0.15, 0.2) is 24.3 Å². The Kier molecular flexibility index (Phi) is 5.67. The van der Waals surface area contributed by atoms with Crippen LogP contribution >= 0.6 is 11.8 Å². The number of hydrogen-bond donors (Lipinski definition) is 1. The highest BCUT2D eigenvalue weighted by Gasteiger charge is 2.31. The van der Waals surface area contributed by atoms with Gasteiger partial charge in [-0.3, -0.25) is 9.59 Å². The zero-order chi connectivity index (χ0) is 15.2. The van der Waals surface area contributed by atoms with Gasteiger partial charge in [-0.2, -0.15) is 0 Å². The Balaban J connectivity index is 1.83. The molecule has 114 valence electrons. The lowest BCUT2D eigenvalue weighted by atomic mass is 10.1. The molecule has 1 aromatic carbocycles. The van der Waals surface area contributed by atoms with Crippen molar-refractivity contribution in [1.82, 2.24) is 10.2 Å². The minimum absolute atomic E-state index is 0.0272. The van der Waals surface area contributed by atoms with Crippen LogP contribution in [0.25, 0.3) is 0 Å². The molecule has 4 nitrogen and oxygen atoms in total. The Hall–Kier alpha value is -1.49. The highest BCUT2D eigenvalue weighted by atomic mass is 32.2. The maximum Gasteiger partial charge on any atom is 0.242 e. The normalized spacial score (nSPS) is 18.5. The molecule has 21 heavy (non-hydrogen) atoms. The van der Waals surface area contributed by atoms with Crippen molar-refractivity contribution >= 4 is 23.6 Å². The van der Waals surface area contributed by atoms with Crippen molar-refractivity contribution in [2.45, 2.75) is 32.1 Å². The molecule has 1 saturated heterocycles. The van der Waals surface area contributed by atoms with E-state index >= 15 is 0 Å². The molecular weight excluding hydrogens is 284 g/mol. The standard InChI is InChI=1S/C16H22N2O2S/c1-3-14-16(20)17-8-9-18(14)15(19)11-21-10-13-6-4-12(2)5-7-13/h4-7,14H,3,8-11H2,1-2H3,(H,17,20). The van der Waals surface area contributed by atoms with Crippen LogP contribution in [0.5, 0.6) is 0 Å². The zero-order valence-corrected chi connectivity index (χ0v) is 13.4. The first-order chi connectivity index (χ1) is 10.1. The molecule has 0 aliphatic carbocycles. The second-order valence-electron chi connectivity index (χ2n) is 5.28. The first-order valence-corrected chi connectivity index (χ1v) is 8.47. The summed E-state index contributed by atoms with van der Waals surface area (Å²) in [6.07, 6.45) is 0.667. The van der Waals surface area contributed by atoms with Gasteiger partial charge in [0.2, 0.25) is 11.8 Å². The lowest BCUT2D eigenvalue weighted by molar-refractivity contribution is -0.141. The molecule has 1 atom stereocenters. The summed E-state index contributed by atoms with van der Waals surface area (Å²) in [6.45, 7) is 5.18. The summed E-state index contributed by atoms with van der Waals surface area (Å²) in [5.74, 6) is 1.29. The van der Waals surface area contributed by atoms with Crippen LogP contribution in [-0.2, 0) is 15.3 Å². The zero-order valence-electron chi connectivity index (χ0n) is 12.6. The van der Waals surface area contributed by atoms with Crippen molar-refractivity contribution < 1.29 is 9.59 Å². The van der Waals surface area contributed by atoms with E-state index in [0.717, 1.165) is 5.75 Å².